The standard InChI is InChI=1S/C22H24F6N4O/c23-21(24,25)12-8-13(22(26,27)28)10-14(9-12)32-20(31-4-6-33-7-5-31)18-11-17(19(20)29-30-32)15-2-1-3-16(15)18/h8-10,15-19H,1-7,11H2/t15-,16+,17+,18-,19+,20-/m0/s1. The first-order valence-electron chi connectivity index (χ1n) is 11.4. The minimum Gasteiger partial charge on any atom is -0.379 e. The average Bonchev–Trinajstić information content (AvgIpc) is 3.51. The van der Waals surface area contributed by atoms with Crippen LogP contribution in [0, 0.1) is 23.7 Å². The molecule has 1 aromatic rings. The summed E-state index contributed by atoms with van der Waals surface area (Å²) in [4.78, 5) is 2.17. The van der Waals surface area contributed by atoms with Crippen molar-refractivity contribution in [2.75, 3.05) is 31.3 Å². The van der Waals surface area contributed by atoms with Gasteiger partial charge < -0.3 is 4.74 Å². The number of hydrogen-bond donors (Lipinski definition) is 0. The predicted octanol–water partition coefficient (Wildman–Crippen LogP) is 5.37. The molecule has 0 aromatic heterocycles. The fourth-order valence-electron chi connectivity index (χ4n) is 7.51. The largest absolute Gasteiger partial charge is 0.416 e. The minimum atomic E-state index is -4.91. The molecule has 0 N–H and O–H groups in total. The third-order valence-corrected chi connectivity index (χ3v) is 8.54. The first-order valence-corrected chi connectivity index (χ1v) is 11.4. The van der Waals surface area contributed by atoms with Gasteiger partial charge in [-0.3, -0.25) is 4.90 Å². The van der Waals surface area contributed by atoms with Gasteiger partial charge in [0.05, 0.1) is 30.0 Å². The second-order valence-electron chi connectivity index (χ2n) is 9.87. The molecule has 2 heterocycles. The summed E-state index contributed by atoms with van der Waals surface area (Å²) in [5, 5.41) is 10.2. The number of nitrogens with zero attached hydrogens (tertiary/aromatic N) is 4. The lowest BCUT2D eigenvalue weighted by Gasteiger charge is -2.54. The van der Waals surface area contributed by atoms with Crippen LogP contribution < -0.4 is 5.01 Å². The van der Waals surface area contributed by atoms with Crippen LogP contribution in [-0.4, -0.2) is 42.9 Å². The fourth-order valence-corrected chi connectivity index (χ4v) is 7.51. The van der Waals surface area contributed by atoms with Gasteiger partial charge in [0.25, 0.3) is 0 Å². The smallest absolute Gasteiger partial charge is 0.379 e. The Morgan fingerprint density at radius 3 is 2.15 bits per heavy atom. The van der Waals surface area contributed by atoms with Crippen molar-refractivity contribution in [3.8, 4) is 0 Å². The molecule has 1 aromatic carbocycles. The molecular weight excluding hydrogens is 450 g/mol. The zero-order valence-corrected chi connectivity index (χ0v) is 17.7. The fraction of sp³-hybridized carbons (Fsp3) is 0.727. The van der Waals surface area contributed by atoms with E-state index in [0.29, 0.717) is 38.1 Å². The topological polar surface area (TPSA) is 40.4 Å². The maximum absolute atomic E-state index is 13.6. The van der Waals surface area contributed by atoms with Gasteiger partial charge in [0, 0.05) is 19.0 Å². The summed E-state index contributed by atoms with van der Waals surface area (Å²) < 4.78 is 87.1. The van der Waals surface area contributed by atoms with E-state index in [2.05, 4.69) is 15.2 Å². The second-order valence-corrected chi connectivity index (χ2v) is 9.87. The zero-order chi connectivity index (χ0) is 23.2. The molecule has 5 nitrogen and oxygen atoms in total. The Balaban J connectivity index is 1.51. The molecule has 33 heavy (non-hydrogen) atoms. The lowest BCUT2D eigenvalue weighted by atomic mass is 9.71. The summed E-state index contributed by atoms with van der Waals surface area (Å²) >= 11 is 0. The summed E-state index contributed by atoms with van der Waals surface area (Å²) in [6, 6.07) is 1.49. The highest BCUT2D eigenvalue weighted by Gasteiger charge is 2.73. The van der Waals surface area contributed by atoms with Crippen molar-refractivity contribution in [2.45, 2.75) is 49.7 Å². The molecule has 6 atom stereocenters. The van der Waals surface area contributed by atoms with Crippen LogP contribution >= 0.6 is 0 Å². The van der Waals surface area contributed by atoms with Gasteiger partial charge in [0.2, 0.25) is 0 Å². The van der Waals surface area contributed by atoms with Gasteiger partial charge in [-0.2, -0.15) is 31.5 Å². The van der Waals surface area contributed by atoms with Crippen LogP contribution in [0.5, 0.6) is 0 Å². The molecular formula is C22H24F6N4O. The Morgan fingerprint density at radius 2 is 1.52 bits per heavy atom. The van der Waals surface area contributed by atoms with Gasteiger partial charge in [-0.15, -0.1) is 0 Å². The quantitative estimate of drug-likeness (QED) is 0.541. The van der Waals surface area contributed by atoms with E-state index in [1.54, 1.807) is 0 Å². The van der Waals surface area contributed by atoms with Crippen LogP contribution in [-0.2, 0) is 17.1 Å². The van der Waals surface area contributed by atoms with E-state index >= 15 is 0 Å². The van der Waals surface area contributed by atoms with Crippen molar-refractivity contribution in [1.82, 2.24) is 4.90 Å². The van der Waals surface area contributed by atoms with E-state index in [-0.39, 0.29) is 29.6 Å². The highest BCUT2D eigenvalue weighted by molar-refractivity contribution is 5.56. The first-order chi connectivity index (χ1) is 15.6. The number of alkyl halides is 6. The molecule has 180 valence electrons. The van der Waals surface area contributed by atoms with Crippen LogP contribution in [0.4, 0.5) is 32.0 Å². The molecule has 5 aliphatic rings. The van der Waals surface area contributed by atoms with Crippen LogP contribution in [0.1, 0.15) is 36.8 Å². The Labute approximate surface area is 186 Å². The number of morpholine rings is 1. The molecule has 0 radical (unpaired) electrons. The summed E-state index contributed by atoms with van der Waals surface area (Å²) in [7, 11) is 0. The first kappa shape index (κ1) is 21.6. The van der Waals surface area contributed by atoms with E-state index in [0.717, 1.165) is 37.8 Å². The molecule has 3 saturated carbocycles. The zero-order valence-electron chi connectivity index (χ0n) is 17.7. The molecule has 0 amide bonds. The number of anilines is 1. The number of halogens is 6. The summed E-state index contributed by atoms with van der Waals surface area (Å²) in [6.45, 7) is 2.02. The monoisotopic (exact) mass is 474 g/mol. The summed E-state index contributed by atoms with van der Waals surface area (Å²) in [5.41, 5.74) is -3.69. The van der Waals surface area contributed by atoms with Crippen LogP contribution in [0.2, 0.25) is 0 Å². The number of ether oxygens (including phenoxy) is 1. The Morgan fingerprint density at radius 1 is 0.879 bits per heavy atom. The van der Waals surface area contributed by atoms with Crippen molar-refractivity contribution in [2.24, 2.45) is 34.0 Å². The molecule has 1 saturated heterocycles. The van der Waals surface area contributed by atoms with Gasteiger partial charge >= 0.3 is 12.4 Å². The third-order valence-electron chi connectivity index (χ3n) is 8.54. The van der Waals surface area contributed by atoms with Crippen LogP contribution in [0.3, 0.4) is 0 Å². The summed E-state index contributed by atoms with van der Waals surface area (Å²) in [6.07, 6.45) is -5.69. The van der Waals surface area contributed by atoms with Crippen molar-refractivity contribution in [3.05, 3.63) is 29.3 Å². The number of rotatable bonds is 2. The van der Waals surface area contributed by atoms with Gasteiger partial charge in [0.15, 0.2) is 0 Å². The maximum atomic E-state index is 13.6. The van der Waals surface area contributed by atoms with E-state index < -0.39 is 29.1 Å². The van der Waals surface area contributed by atoms with E-state index in [1.807, 2.05) is 0 Å². The average molecular weight is 474 g/mol. The van der Waals surface area contributed by atoms with E-state index in [9.17, 15) is 26.3 Å². The highest BCUT2D eigenvalue weighted by Crippen LogP contribution is 2.67. The molecule has 0 unspecified atom stereocenters. The Kier molecular flexibility index (Phi) is 4.63. The van der Waals surface area contributed by atoms with Gasteiger partial charge in [-0.1, -0.05) is 11.6 Å². The lowest BCUT2D eigenvalue weighted by Crippen LogP contribution is -2.69. The molecule has 11 heteroatoms. The molecule has 4 fully saturated rings. The van der Waals surface area contributed by atoms with Gasteiger partial charge in [-0.05, 0) is 55.2 Å². The molecule has 0 spiro atoms. The van der Waals surface area contributed by atoms with Gasteiger partial charge in [-0.25, -0.2) is 5.01 Å². The number of hydrogen-bond acceptors (Lipinski definition) is 5. The number of fused-ring (bicyclic) bond motifs is 8. The second kappa shape index (κ2) is 7.07. The van der Waals surface area contributed by atoms with E-state index in [1.165, 1.54) is 5.01 Å². The highest BCUT2D eigenvalue weighted by atomic mass is 19.4. The molecule has 6 rings (SSSR count). The van der Waals surface area contributed by atoms with Crippen molar-refractivity contribution >= 4 is 5.69 Å². The third kappa shape index (κ3) is 3.00. The minimum absolute atomic E-state index is 0.0944. The molecule has 2 aliphatic heterocycles. The Bertz CT molecular complexity index is 942. The normalized spacial score (nSPS) is 38.2. The van der Waals surface area contributed by atoms with Crippen molar-refractivity contribution in [1.29, 1.82) is 0 Å². The van der Waals surface area contributed by atoms with Crippen molar-refractivity contribution in [3.63, 3.8) is 0 Å². The van der Waals surface area contributed by atoms with Gasteiger partial charge in [0.1, 0.15) is 11.7 Å². The summed E-state index contributed by atoms with van der Waals surface area (Å²) in [5.74, 6) is 1.26. The Hall–Kier alpha value is -1.88. The van der Waals surface area contributed by atoms with Crippen molar-refractivity contribution < 1.29 is 31.1 Å². The molecule has 2 bridgehead atoms. The van der Waals surface area contributed by atoms with E-state index in [4.69, 9.17) is 4.74 Å². The predicted molar refractivity (Wildman–Crippen MR) is 105 cm³/mol. The maximum Gasteiger partial charge on any atom is 0.416 e. The lowest BCUT2D eigenvalue weighted by molar-refractivity contribution is -0.143. The molecule has 3 aliphatic carbocycles. The number of benzene rings is 1. The SMILES string of the molecule is FC(F)(F)c1cc(N2N=N[C@@H]3[C@@H]4C[C@@H]([C@@H]5CCC[C@H]45)[C@@]32N2CCOCC2)cc(C(F)(F)F)c1. The van der Waals surface area contributed by atoms with Crippen LogP contribution in [0.15, 0.2) is 28.5 Å². The van der Waals surface area contributed by atoms with Crippen LogP contribution in [0.25, 0.3) is 0 Å².